The van der Waals surface area contributed by atoms with E-state index >= 15 is 0 Å². The van der Waals surface area contributed by atoms with Crippen LogP contribution in [0.2, 0.25) is 0 Å². The lowest BCUT2D eigenvalue weighted by Crippen LogP contribution is -2.48. The van der Waals surface area contributed by atoms with Gasteiger partial charge in [-0.3, -0.25) is 9.69 Å². The van der Waals surface area contributed by atoms with Gasteiger partial charge in [-0.1, -0.05) is 11.2 Å². The lowest BCUT2D eigenvalue weighted by atomic mass is 10.1. The second-order valence-corrected chi connectivity index (χ2v) is 8.21. The van der Waals surface area contributed by atoms with Crippen LogP contribution < -0.4 is 4.74 Å². The van der Waals surface area contributed by atoms with Crippen LogP contribution in [0.4, 0.5) is 0 Å². The SMILES string of the molecule is COc1ccc(C(=O)N2CCN(Cc3nc(-c4cccs4)no3)CC2)cc1Br. The van der Waals surface area contributed by atoms with Crippen molar-refractivity contribution in [3.63, 3.8) is 0 Å². The molecular weight excluding hydrogens is 444 g/mol. The van der Waals surface area contributed by atoms with Gasteiger partial charge < -0.3 is 14.2 Å². The van der Waals surface area contributed by atoms with E-state index in [1.54, 1.807) is 36.6 Å². The standard InChI is InChI=1S/C19H19BrN4O3S/c1-26-15-5-4-13(11-14(15)20)19(25)24-8-6-23(7-9-24)12-17-21-18(22-27-17)16-3-2-10-28-16/h2-5,10-11H,6-9,12H2,1H3. The molecule has 1 saturated heterocycles. The number of nitrogens with zero attached hydrogens (tertiary/aromatic N) is 4. The van der Waals surface area contributed by atoms with Gasteiger partial charge in [0.05, 0.1) is 23.0 Å². The number of methoxy groups -OCH3 is 1. The molecule has 0 bridgehead atoms. The molecule has 0 spiro atoms. The topological polar surface area (TPSA) is 71.7 Å². The first-order chi connectivity index (χ1) is 13.6. The maximum Gasteiger partial charge on any atom is 0.253 e. The predicted molar refractivity (Wildman–Crippen MR) is 109 cm³/mol. The van der Waals surface area contributed by atoms with Gasteiger partial charge in [0.25, 0.3) is 5.91 Å². The van der Waals surface area contributed by atoms with Gasteiger partial charge in [-0.2, -0.15) is 4.98 Å². The summed E-state index contributed by atoms with van der Waals surface area (Å²) in [7, 11) is 1.60. The minimum absolute atomic E-state index is 0.0285. The average molecular weight is 463 g/mol. The normalized spacial score (nSPS) is 15.0. The molecule has 28 heavy (non-hydrogen) atoms. The van der Waals surface area contributed by atoms with Crippen molar-refractivity contribution in [1.82, 2.24) is 19.9 Å². The van der Waals surface area contributed by atoms with Crippen molar-refractivity contribution < 1.29 is 14.1 Å². The molecular formula is C19H19BrN4O3S. The molecule has 9 heteroatoms. The molecule has 1 amide bonds. The highest BCUT2D eigenvalue weighted by molar-refractivity contribution is 9.10. The monoisotopic (exact) mass is 462 g/mol. The van der Waals surface area contributed by atoms with E-state index in [0.717, 1.165) is 22.4 Å². The molecule has 3 heterocycles. The minimum Gasteiger partial charge on any atom is -0.496 e. The molecule has 4 rings (SSSR count). The number of ether oxygens (including phenoxy) is 1. The first-order valence-electron chi connectivity index (χ1n) is 8.85. The fourth-order valence-corrected chi connectivity index (χ4v) is 4.30. The molecule has 1 aliphatic rings. The molecule has 0 N–H and O–H groups in total. The Bertz CT molecular complexity index is 952. The Kier molecular flexibility index (Phi) is 5.74. The maximum absolute atomic E-state index is 12.8. The van der Waals surface area contributed by atoms with Gasteiger partial charge >= 0.3 is 0 Å². The molecule has 1 aliphatic heterocycles. The lowest BCUT2D eigenvalue weighted by Gasteiger charge is -2.34. The quantitative estimate of drug-likeness (QED) is 0.577. The number of piperazine rings is 1. The second kappa shape index (κ2) is 8.42. The average Bonchev–Trinajstić information content (AvgIpc) is 3.40. The molecule has 0 atom stereocenters. The Morgan fingerprint density at radius 2 is 2.11 bits per heavy atom. The highest BCUT2D eigenvalue weighted by Crippen LogP contribution is 2.26. The number of halogens is 1. The molecule has 146 valence electrons. The number of hydrogen-bond acceptors (Lipinski definition) is 7. The first kappa shape index (κ1) is 19.1. The molecule has 3 aromatic rings. The summed E-state index contributed by atoms with van der Waals surface area (Å²) in [6.45, 7) is 3.44. The van der Waals surface area contributed by atoms with Gasteiger partial charge in [0.15, 0.2) is 0 Å². The Morgan fingerprint density at radius 1 is 1.29 bits per heavy atom. The molecule has 7 nitrogen and oxygen atoms in total. The van der Waals surface area contributed by atoms with E-state index in [2.05, 4.69) is 31.0 Å². The Labute approximate surface area is 175 Å². The summed E-state index contributed by atoms with van der Waals surface area (Å²) in [4.78, 5) is 22.3. The predicted octanol–water partition coefficient (Wildman–Crippen LogP) is 3.53. The third kappa shape index (κ3) is 4.11. The fraction of sp³-hybridized carbons (Fsp3) is 0.316. The lowest BCUT2D eigenvalue weighted by molar-refractivity contribution is 0.0615. The fourth-order valence-electron chi connectivity index (χ4n) is 3.11. The summed E-state index contributed by atoms with van der Waals surface area (Å²) in [5.74, 6) is 1.97. The van der Waals surface area contributed by atoms with Gasteiger partial charge in [0.1, 0.15) is 5.75 Å². The summed E-state index contributed by atoms with van der Waals surface area (Å²) in [6, 6.07) is 9.34. The van der Waals surface area contributed by atoms with Gasteiger partial charge in [0.2, 0.25) is 11.7 Å². The summed E-state index contributed by atoms with van der Waals surface area (Å²) in [6.07, 6.45) is 0. The molecule has 2 aromatic heterocycles. The number of rotatable bonds is 5. The third-order valence-corrected chi connectivity index (χ3v) is 6.11. The van der Waals surface area contributed by atoms with Crippen molar-refractivity contribution >= 4 is 33.2 Å². The van der Waals surface area contributed by atoms with E-state index < -0.39 is 0 Å². The van der Waals surface area contributed by atoms with Crippen molar-refractivity contribution in [2.24, 2.45) is 0 Å². The molecule has 0 aliphatic carbocycles. The molecule has 0 unspecified atom stereocenters. The number of benzene rings is 1. The molecule has 0 radical (unpaired) electrons. The Balaban J connectivity index is 1.33. The highest BCUT2D eigenvalue weighted by Gasteiger charge is 2.24. The maximum atomic E-state index is 12.8. The first-order valence-corrected chi connectivity index (χ1v) is 10.5. The van der Waals surface area contributed by atoms with E-state index in [-0.39, 0.29) is 5.91 Å². The third-order valence-electron chi connectivity index (χ3n) is 4.63. The van der Waals surface area contributed by atoms with Crippen molar-refractivity contribution in [2.75, 3.05) is 33.3 Å². The van der Waals surface area contributed by atoms with Crippen LogP contribution in [0.15, 0.2) is 44.7 Å². The van der Waals surface area contributed by atoms with Gasteiger partial charge in [0, 0.05) is 31.7 Å². The van der Waals surface area contributed by atoms with Crippen molar-refractivity contribution in [3.8, 4) is 16.5 Å². The molecule has 1 fully saturated rings. The number of amides is 1. The van der Waals surface area contributed by atoms with Crippen LogP contribution in [-0.2, 0) is 6.54 Å². The van der Waals surface area contributed by atoms with Crippen LogP contribution >= 0.6 is 27.3 Å². The zero-order valence-corrected chi connectivity index (χ0v) is 17.7. The number of carbonyl (C=O) groups excluding carboxylic acids is 1. The Hall–Kier alpha value is -2.23. The number of aromatic nitrogens is 2. The van der Waals surface area contributed by atoms with Crippen LogP contribution in [-0.4, -0.2) is 59.1 Å². The van der Waals surface area contributed by atoms with Crippen LogP contribution in [0.25, 0.3) is 10.7 Å². The summed E-state index contributed by atoms with van der Waals surface area (Å²) >= 11 is 5.02. The van der Waals surface area contributed by atoms with Gasteiger partial charge in [-0.05, 0) is 45.6 Å². The second-order valence-electron chi connectivity index (χ2n) is 6.41. The number of carbonyl (C=O) groups is 1. The number of thiophene rings is 1. The van der Waals surface area contributed by atoms with Crippen molar-refractivity contribution in [3.05, 3.63) is 51.6 Å². The van der Waals surface area contributed by atoms with Gasteiger partial charge in [-0.25, -0.2) is 0 Å². The smallest absolute Gasteiger partial charge is 0.253 e. The van der Waals surface area contributed by atoms with E-state index in [4.69, 9.17) is 9.26 Å². The highest BCUT2D eigenvalue weighted by atomic mass is 79.9. The van der Waals surface area contributed by atoms with E-state index in [0.29, 0.717) is 42.7 Å². The van der Waals surface area contributed by atoms with E-state index in [9.17, 15) is 4.79 Å². The zero-order valence-electron chi connectivity index (χ0n) is 15.3. The minimum atomic E-state index is 0.0285. The van der Waals surface area contributed by atoms with Crippen LogP contribution in [0, 0.1) is 0 Å². The van der Waals surface area contributed by atoms with E-state index in [1.165, 1.54) is 0 Å². The van der Waals surface area contributed by atoms with Crippen LogP contribution in [0.5, 0.6) is 5.75 Å². The Morgan fingerprint density at radius 3 is 2.79 bits per heavy atom. The van der Waals surface area contributed by atoms with Crippen molar-refractivity contribution in [2.45, 2.75) is 6.54 Å². The van der Waals surface area contributed by atoms with Gasteiger partial charge in [-0.15, -0.1) is 11.3 Å². The summed E-state index contributed by atoms with van der Waals surface area (Å²) in [5.41, 5.74) is 0.651. The summed E-state index contributed by atoms with van der Waals surface area (Å²) in [5, 5.41) is 6.04. The van der Waals surface area contributed by atoms with Crippen molar-refractivity contribution in [1.29, 1.82) is 0 Å². The van der Waals surface area contributed by atoms with Crippen LogP contribution in [0.1, 0.15) is 16.2 Å². The number of hydrogen-bond donors (Lipinski definition) is 0. The zero-order chi connectivity index (χ0) is 19.5. The molecule has 1 aromatic carbocycles. The van der Waals surface area contributed by atoms with Crippen LogP contribution in [0.3, 0.4) is 0 Å². The molecule has 0 saturated carbocycles. The largest absolute Gasteiger partial charge is 0.496 e. The summed E-state index contributed by atoms with van der Waals surface area (Å²) < 4.78 is 11.4. The van der Waals surface area contributed by atoms with E-state index in [1.807, 2.05) is 22.4 Å².